The standard InChI is InChI=1S/C13H27NO/c1-5-9-14-11-10-12(15-8-4)13(11,6-2)7-3/h11-12,14H,5-10H2,1-4H3. The molecule has 2 atom stereocenters. The molecule has 90 valence electrons. The molecule has 1 aliphatic carbocycles. The summed E-state index contributed by atoms with van der Waals surface area (Å²) in [5.74, 6) is 0. The molecule has 1 N–H and O–H groups in total. The quantitative estimate of drug-likeness (QED) is 0.702. The minimum absolute atomic E-state index is 0.408. The molecule has 0 aromatic rings. The molecule has 0 radical (unpaired) electrons. The van der Waals surface area contributed by atoms with Crippen LogP contribution < -0.4 is 5.32 Å². The highest BCUT2D eigenvalue weighted by molar-refractivity contribution is 5.06. The van der Waals surface area contributed by atoms with Gasteiger partial charge in [-0.15, -0.1) is 0 Å². The fraction of sp³-hybridized carbons (Fsp3) is 1.00. The lowest BCUT2D eigenvalue weighted by atomic mass is 9.58. The smallest absolute Gasteiger partial charge is 0.0660 e. The second-order valence-electron chi connectivity index (χ2n) is 4.63. The highest BCUT2D eigenvalue weighted by atomic mass is 16.5. The Bertz CT molecular complexity index is 177. The van der Waals surface area contributed by atoms with Crippen LogP contribution in [0.5, 0.6) is 0 Å². The molecule has 0 spiro atoms. The molecule has 15 heavy (non-hydrogen) atoms. The molecule has 1 fully saturated rings. The number of hydrogen-bond acceptors (Lipinski definition) is 2. The Morgan fingerprint density at radius 2 is 1.87 bits per heavy atom. The third-order valence-electron chi connectivity index (χ3n) is 4.11. The maximum Gasteiger partial charge on any atom is 0.0660 e. The van der Waals surface area contributed by atoms with Crippen molar-refractivity contribution >= 4 is 0 Å². The average Bonchev–Trinajstić information content (AvgIpc) is 2.24. The van der Waals surface area contributed by atoms with E-state index in [0.29, 0.717) is 17.6 Å². The summed E-state index contributed by atoms with van der Waals surface area (Å²) < 4.78 is 5.85. The first-order valence-electron chi connectivity index (χ1n) is 6.60. The van der Waals surface area contributed by atoms with E-state index < -0.39 is 0 Å². The van der Waals surface area contributed by atoms with Crippen molar-refractivity contribution in [3.8, 4) is 0 Å². The Labute approximate surface area is 94.8 Å². The average molecular weight is 213 g/mol. The van der Waals surface area contributed by atoms with E-state index in [-0.39, 0.29) is 0 Å². The van der Waals surface area contributed by atoms with Crippen molar-refractivity contribution in [3.05, 3.63) is 0 Å². The predicted octanol–water partition coefficient (Wildman–Crippen LogP) is 2.97. The van der Waals surface area contributed by atoms with Crippen molar-refractivity contribution in [1.29, 1.82) is 0 Å². The van der Waals surface area contributed by atoms with Gasteiger partial charge in [0.2, 0.25) is 0 Å². The fourth-order valence-corrected chi connectivity index (χ4v) is 2.99. The Morgan fingerprint density at radius 3 is 2.33 bits per heavy atom. The normalized spacial score (nSPS) is 28.8. The van der Waals surface area contributed by atoms with Crippen molar-refractivity contribution in [1.82, 2.24) is 5.32 Å². The van der Waals surface area contributed by atoms with Crippen LogP contribution in [0.15, 0.2) is 0 Å². The lowest BCUT2D eigenvalue weighted by molar-refractivity contribution is -0.137. The lowest BCUT2D eigenvalue weighted by Crippen LogP contribution is -2.63. The summed E-state index contributed by atoms with van der Waals surface area (Å²) in [5, 5.41) is 3.67. The number of nitrogens with one attached hydrogen (secondary N) is 1. The van der Waals surface area contributed by atoms with Crippen molar-refractivity contribution in [3.63, 3.8) is 0 Å². The summed E-state index contributed by atoms with van der Waals surface area (Å²) in [4.78, 5) is 0. The monoisotopic (exact) mass is 213 g/mol. The summed E-state index contributed by atoms with van der Waals surface area (Å²) in [6.45, 7) is 10.9. The minimum atomic E-state index is 0.408. The van der Waals surface area contributed by atoms with Gasteiger partial charge in [-0.05, 0) is 39.2 Å². The first kappa shape index (κ1) is 13.0. The summed E-state index contributed by atoms with van der Waals surface area (Å²) >= 11 is 0. The second kappa shape index (κ2) is 5.86. The molecule has 1 aliphatic rings. The van der Waals surface area contributed by atoms with Crippen LogP contribution in [0.2, 0.25) is 0 Å². The molecule has 2 unspecified atom stereocenters. The molecular weight excluding hydrogens is 186 g/mol. The summed E-state index contributed by atoms with van der Waals surface area (Å²) in [6.07, 6.45) is 5.38. The van der Waals surface area contributed by atoms with Crippen LogP contribution in [0.25, 0.3) is 0 Å². The van der Waals surface area contributed by atoms with Gasteiger partial charge in [-0.25, -0.2) is 0 Å². The molecule has 2 heteroatoms. The molecule has 0 bridgehead atoms. The van der Waals surface area contributed by atoms with E-state index in [1.165, 1.54) is 25.7 Å². The van der Waals surface area contributed by atoms with Crippen molar-refractivity contribution in [2.24, 2.45) is 5.41 Å². The third-order valence-corrected chi connectivity index (χ3v) is 4.11. The molecule has 0 heterocycles. The largest absolute Gasteiger partial charge is 0.378 e. The van der Waals surface area contributed by atoms with Gasteiger partial charge in [-0.1, -0.05) is 20.8 Å². The fourth-order valence-electron chi connectivity index (χ4n) is 2.99. The van der Waals surface area contributed by atoms with E-state index in [9.17, 15) is 0 Å². The van der Waals surface area contributed by atoms with E-state index in [1.807, 2.05) is 0 Å². The molecule has 1 saturated carbocycles. The van der Waals surface area contributed by atoms with Gasteiger partial charge in [0.15, 0.2) is 0 Å². The zero-order valence-electron chi connectivity index (χ0n) is 10.8. The van der Waals surface area contributed by atoms with Gasteiger partial charge in [-0.2, -0.15) is 0 Å². The van der Waals surface area contributed by atoms with Crippen LogP contribution in [-0.4, -0.2) is 25.3 Å². The maximum absolute atomic E-state index is 5.85. The Hall–Kier alpha value is -0.0800. The van der Waals surface area contributed by atoms with Crippen molar-refractivity contribution < 1.29 is 4.74 Å². The van der Waals surface area contributed by atoms with Gasteiger partial charge < -0.3 is 10.1 Å². The Morgan fingerprint density at radius 1 is 1.20 bits per heavy atom. The molecule has 0 amide bonds. The molecule has 2 nitrogen and oxygen atoms in total. The highest BCUT2D eigenvalue weighted by Gasteiger charge is 2.52. The zero-order valence-corrected chi connectivity index (χ0v) is 10.8. The van der Waals surface area contributed by atoms with Crippen molar-refractivity contribution in [2.45, 2.75) is 65.5 Å². The van der Waals surface area contributed by atoms with Crippen LogP contribution in [0.1, 0.15) is 53.4 Å². The van der Waals surface area contributed by atoms with Gasteiger partial charge in [0, 0.05) is 18.1 Å². The summed E-state index contributed by atoms with van der Waals surface area (Å²) in [7, 11) is 0. The van der Waals surface area contributed by atoms with Gasteiger partial charge >= 0.3 is 0 Å². The zero-order chi connectivity index (χ0) is 11.3. The predicted molar refractivity (Wildman–Crippen MR) is 65.1 cm³/mol. The molecule has 0 aliphatic heterocycles. The molecule has 1 rings (SSSR count). The van der Waals surface area contributed by atoms with Crippen LogP contribution in [-0.2, 0) is 4.74 Å². The number of ether oxygens (including phenoxy) is 1. The minimum Gasteiger partial charge on any atom is -0.378 e. The SMILES string of the molecule is CCCNC1CC(OCC)C1(CC)CC. The summed E-state index contributed by atoms with van der Waals surface area (Å²) in [5.41, 5.74) is 0.408. The maximum atomic E-state index is 5.85. The van der Waals surface area contributed by atoms with E-state index in [0.717, 1.165) is 13.2 Å². The van der Waals surface area contributed by atoms with Gasteiger partial charge in [-0.3, -0.25) is 0 Å². The molecular formula is C13H27NO. The topological polar surface area (TPSA) is 21.3 Å². The molecule has 0 aromatic carbocycles. The van der Waals surface area contributed by atoms with E-state index in [2.05, 4.69) is 33.0 Å². The van der Waals surface area contributed by atoms with Gasteiger partial charge in [0.1, 0.15) is 0 Å². The van der Waals surface area contributed by atoms with Gasteiger partial charge in [0.25, 0.3) is 0 Å². The molecule has 0 saturated heterocycles. The highest BCUT2D eigenvalue weighted by Crippen LogP contribution is 2.48. The Balaban J connectivity index is 2.53. The molecule has 0 aromatic heterocycles. The van der Waals surface area contributed by atoms with Crippen LogP contribution >= 0.6 is 0 Å². The van der Waals surface area contributed by atoms with Gasteiger partial charge in [0.05, 0.1) is 6.10 Å². The van der Waals surface area contributed by atoms with E-state index >= 15 is 0 Å². The van der Waals surface area contributed by atoms with E-state index in [4.69, 9.17) is 4.74 Å². The first-order valence-corrected chi connectivity index (χ1v) is 6.60. The van der Waals surface area contributed by atoms with Crippen LogP contribution in [0, 0.1) is 5.41 Å². The van der Waals surface area contributed by atoms with Crippen molar-refractivity contribution in [2.75, 3.05) is 13.2 Å². The van der Waals surface area contributed by atoms with E-state index in [1.54, 1.807) is 0 Å². The Kier molecular flexibility index (Phi) is 5.07. The number of hydrogen-bond donors (Lipinski definition) is 1. The van der Waals surface area contributed by atoms with Crippen LogP contribution in [0.4, 0.5) is 0 Å². The third kappa shape index (κ3) is 2.36. The van der Waals surface area contributed by atoms with Crippen LogP contribution in [0.3, 0.4) is 0 Å². The number of rotatable bonds is 7. The lowest BCUT2D eigenvalue weighted by Gasteiger charge is -2.55. The second-order valence-corrected chi connectivity index (χ2v) is 4.63. The summed E-state index contributed by atoms with van der Waals surface area (Å²) in [6, 6.07) is 0.684. The first-order chi connectivity index (χ1) is 7.25.